The molecule has 0 aromatic heterocycles. The van der Waals surface area contributed by atoms with Gasteiger partial charge in [-0.05, 0) is 18.9 Å². The van der Waals surface area contributed by atoms with E-state index in [0.717, 1.165) is 39.1 Å². The molecule has 1 aliphatic rings. The highest BCUT2D eigenvalue weighted by atomic mass is 16.2. The fourth-order valence-corrected chi connectivity index (χ4v) is 2.66. The van der Waals surface area contributed by atoms with E-state index in [4.69, 9.17) is 0 Å². The lowest BCUT2D eigenvalue weighted by Crippen LogP contribution is -2.50. The van der Waals surface area contributed by atoms with Crippen molar-refractivity contribution >= 4 is 12.0 Å². The molecule has 126 valence electrons. The Balaban J connectivity index is 1.66. The summed E-state index contributed by atoms with van der Waals surface area (Å²) in [5.74, 6) is 0.150. The predicted molar refractivity (Wildman–Crippen MR) is 96.3 cm³/mol. The average Bonchev–Trinajstić information content (AvgIpc) is 2.57. The number of hydrogen-bond donors (Lipinski definition) is 1. The highest BCUT2D eigenvalue weighted by Crippen LogP contribution is 2.04. The molecule has 0 radical (unpaired) electrons. The summed E-state index contributed by atoms with van der Waals surface area (Å²) in [5, 5.41) is 3.04. The molecule has 1 heterocycles. The molecule has 1 saturated heterocycles. The Morgan fingerprint density at radius 3 is 2.48 bits per heavy atom. The van der Waals surface area contributed by atoms with Crippen molar-refractivity contribution in [3.05, 3.63) is 42.0 Å². The molecule has 4 nitrogen and oxygen atoms in total. The van der Waals surface area contributed by atoms with Gasteiger partial charge in [0.2, 0.25) is 5.91 Å². The zero-order valence-electron chi connectivity index (χ0n) is 14.4. The van der Waals surface area contributed by atoms with E-state index >= 15 is 0 Å². The van der Waals surface area contributed by atoms with Crippen LogP contribution in [0.2, 0.25) is 0 Å². The van der Waals surface area contributed by atoms with Crippen molar-refractivity contribution in [1.29, 1.82) is 0 Å². The van der Waals surface area contributed by atoms with Crippen molar-refractivity contribution in [2.45, 2.75) is 26.3 Å². The van der Waals surface area contributed by atoms with Crippen LogP contribution >= 0.6 is 0 Å². The van der Waals surface area contributed by atoms with Crippen LogP contribution in [0.4, 0.5) is 0 Å². The molecule has 1 aliphatic heterocycles. The molecule has 1 amide bonds. The van der Waals surface area contributed by atoms with E-state index < -0.39 is 0 Å². The van der Waals surface area contributed by atoms with E-state index in [1.165, 1.54) is 5.56 Å². The Bertz CT molecular complexity index is 493. The van der Waals surface area contributed by atoms with E-state index in [-0.39, 0.29) is 11.9 Å². The van der Waals surface area contributed by atoms with Crippen molar-refractivity contribution in [3.63, 3.8) is 0 Å². The highest BCUT2D eigenvalue weighted by molar-refractivity contribution is 5.78. The van der Waals surface area contributed by atoms with Crippen LogP contribution in [0.3, 0.4) is 0 Å². The van der Waals surface area contributed by atoms with E-state index in [2.05, 4.69) is 65.4 Å². The normalized spacial score (nSPS) is 18.2. The molecule has 0 bridgehead atoms. The molecular formula is C19H29N3O. The molecule has 4 heteroatoms. The molecule has 1 atom stereocenters. The molecular weight excluding hydrogens is 286 g/mol. The van der Waals surface area contributed by atoms with Crippen LogP contribution in [0.15, 0.2) is 36.4 Å². The van der Waals surface area contributed by atoms with Gasteiger partial charge >= 0.3 is 0 Å². The summed E-state index contributed by atoms with van der Waals surface area (Å²) < 4.78 is 0. The Hall–Kier alpha value is -1.65. The third-order valence-electron chi connectivity index (χ3n) is 4.33. The minimum Gasteiger partial charge on any atom is -0.353 e. The number of carbonyl (C=O) groups is 1. The topological polar surface area (TPSA) is 35.6 Å². The van der Waals surface area contributed by atoms with E-state index in [1.54, 1.807) is 0 Å². The van der Waals surface area contributed by atoms with Crippen LogP contribution in [0.25, 0.3) is 6.08 Å². The molecule has 23 heavy (non-hydrogen) atoms. The zero-order valence-corrected chi connectivity index (χ0v) is 14.4. The summed E-state index contributed by atoms with van der Waals surface area (Å²) in [7, 11) is 0. The maximum Gasteiger partial charge on any atom is 0.234 e. The number of benzene rings is 1. The van der Waals surface area contributed by atoms with Crippen LogP contribution in [0, 0.1) is 0 Å². The third kappa shape index (κ3) is 6.55. The second kappa shape index (κ2) is 9.48. The lowest BCUT2D eigenvalue weighted by Gasteiger charge is -2.33. The predicted octanol–water partition coefficient (Wildman–Crippen LogP) is 2.23. The Labute approximate surface area is 140 Å². The summed E-state index contributed by atoms with van der Waals surface area (Å²) in [4.78, 5) is 16.6. The molecule has 0 saturated carbocycles. The maximum atomic E-state index is 11.9. The summed E-state index contributed by atoms with van der Waals surface area (Å²) in [6, 6.07) is 10.7. The number of piperazine rings is 1. The molecule has 0 spiro atoms. The van der Waals surface area contributed by atoms with Crippen molar-refractivity contribution < 1.29 is 4.79 Å². The summed E-state index contributed by atoms with van der Waals surface area (Å²) in [5.41, 5.74) is 1.24. The van der Waals surface area contributed by atoms with Gasteiger partial charge in [0.1, 0.15) is 0 Å². The maximum absolute atomic E-state index is 11.9. The fourth-order valence-electron chi connectivity index (χ4n) is 2.66. The van der Waals surface area contributed by atoms with Gasteiger partial charge < -0.3 is 5.32 Å². The second-order valence-electron chi connectivity index (χ2n) is 6.27. The minimum atomic E-state index is 0.150. The smallest absolute Gasteiger partial charge is 0.234 e. The first kappa shape index (κ1) is 17.7. The van der Waals surface area contributed by atoms with Crippen molar-refractivity contribution in [2.24, 2.45) is 0 Å². The molecule has 2 rings (SSSR count). The quantitative estimate of drug-likeness (QED) is 0.838. The summed E-state index contributed by atoms with van der Waals surface area (Å²) >= 11 is 0. The van der Waals surface area contributed by atoms with E-state index in [9.17, 15) is 4.79 Å². The van der Waals surface area contributed by atoms with E-state index in [0.29, 0.717) is 6.54 Å². The van der Waals surface area contributed by atoms with Gasteiger partial charge in [0.15, 0.2) is 0 Å². The Morgan fingerprint density at radius 2 is 1.83 bits per heavy atom. The first-order valence-corrected chi connectivity index (χ1v) is 8.63. The third-order valence-corrected chi connectivity index (χ3v) is 4.33. The number of nitrogens with one attached hydrogen (secondary N) is 1. The average molecular weight is 315 g/mol. The van der Waals surface area contributed by atoms with Gasteiger partial charge in [-0.25, -0.2) is 0 Å². The number of carbonyl (C=O) groups excluding carboxylic acids is 1. The van der Waals surface area contributed by atoms with Crippen molar-refractivity contribution in [2.75, 3.05) is 39.3 Å². The molecule has 1 fully saturated rings. The molecule has 1 aromatic carbocycles. The molecule has 0 unspecified atom stereocenters. The first-order valence-electron chi connectivity index (χ1n) is 8.63. The number of amides is 1. The van der Waals surface area contributed by atoms with Gasteiger partial charge in [-0.1, -0.05) is 49.4 Å². The SMILES string of the molecule is CC[C@@H](C)NC(=O)CN1CCN(C/C=C/c2ccccc2)CC1. The monoisotopic (exact) mass is 315 g/mol. The zero-order chi connectivity index (χ0) is 16.5. The van der Waals surface area contributed by atoms with Crippen LogP contribution in [0.5, 0.6) is 0 Å². The standard InChI is InChI=1S/C19H29N3O/c1-3-17(2)20-19(23)16-22-14-12-21(13-15-22)11-7-10-18-8-5-4-6-9-18/h4-10,17H,3,11-16H2,1-2H3,(H,20,23)/b10-7+/t17-/m1/s1. The Kier molecular flexibility index (Phi) is 7.30. The van der Waals surface area contributed by atoms with Gasteiger partial charge in [-0.3, -0.25) is 14.6 Å². The van der Waals surface area contributed by atoms with Gasteiger partial charge in [0, 0.05) is 38.8 Å². The number of rotatable bonds is 7. The lowest BCUT2D eigenvalue weighted by molar-refractivity contribution is -0.123. The molecule has 1 aromatic rings. The van der Waals surface area contributed by atoms with Crippen LogP contribution in [-0.4, -0.2) is 61.0 Å². The van der Waals surface area contributed by atoms with Gasteiger partial charge in [0.05, 0.1) is 6.54 Å². The van der Waals surface area contributed by atoms with Crippen molar-refractivity contribution in [3.8, 4) is 0 Å². The molecule has 0 aliphatic carbocycles. The second-order valence-corrected chi connectivity index (χ2v) is 6.27. The highest BCUT2D eigenvalue weighted by Gasteiger charge is 2.18. The first-order chi connectivity index (χ1) is 11.2. The fraction of sp³-hybridized carbons (Fsp3) is 0.526. The lowest BCUT2D eigenvalue weighted by atomic mass is 10.2. The Morgan fingerprint density at radius 1 is 1.17 bits per heavy atom. The summed E-state index contributed by atoms with van der Waals surface area (Å²) in [6.45, 7) is 9.62. The van der Waals surface area contributed by atoms with E-state index in [1.807, 2.05) is 6.07 Å². The number of hydrogen-bond acceptors (Lipinski definition) is 3. The van der Waals surface area contributed by atoms with Crippen LogP contribution < -0.4 is 5.32 Å². The largest absolute Gasteiger partial charge is 0.353 e. The van der Waals surface area contributed by atoms with Gasteiger partial charge in [-0.2, -0.15) is 0 Å². The van der Waals surface area contributed by atoms with Crippen LogP contribution in [0.1, 0.15) is 25.8 Å². The van der Waals surface area contributed by atoms with Gasteiger partial charge in [-0.15, -0.1) is 0 Å². The molecule has 1 N–H and O–H groups in total. The summed E-state index contributed by atoms with van der Waals surface area (Å²) in [6.07, 6.45) is 5.37. The van der Waals surface area contributed by atoms with Crippen LogP contribution in [-0.2, 0) is 4.79 Å². The van der Waals surface area contributed by atoms with Crippen molar-refractivity contribution in [1.82, 2.24) is 15.1 Å². The van der Waals surface area contributed by atoms with Gasteiger partial charge in [0.25, 0.3) is 0 Å². The minimum absolute atomic E-state index is 0.150. The number of nitrogens with zero attached hydrogens (tertiary/aromatic N) is 2.